The maximum atomic E-state index is 12.1. The van der Waals surface area contributed by atoms with E-state index in [0.717, 1.165) is 16.3 Å². The first-order chi connectivity index (χ1) is 13.6. The highest BCUT2D eigenvalue weighted by Crippen LogP contribution is 2.25. The standard InChI is InChI=1S/C22H22N2O4/c1-15(20-11-10-18(26-2)13-21(20)27-3)23-24-22(25)14-28-19-9-8-16-6-4-5-7-17(16)12-19/h4-13H,14H2,1-3H3,(H,24,25)/b23-15-. The van der Waals surface area contributed by atoms with Crippen LogP contribution in [-0.2, 0) is 4.79 Å². The summed E-state index contributed by atoms with van der Waals surface area (Å²) in [4.78, 5) is 12.1. The number of nitrogens with one attached hydrogen (secondary N) is 1. The van der Waals surface area contributed by atoms with Gasteiger partial charge in [-0.15, -0.1) is 0 Å². The molecular weight excluding hydrogens is 356 g/mol. The Morgan fingerprint density at radius 2 is 1.68 bits per heavy atom. The van der Waals surface area contributed by atoms with Crippen molar-refractivity contribution in [1.82, 2.24) is 5.43 Å². The van der Waals surface area contributed by atoms with Gasteiger partial charge < -0.3 is 14.2 Å². The van der Waals surface area contributed by atoms with Crippen molar-refractivity contribution in [3.63, 3.8) is 0 Å². The summed E-state index contributed by atoms with van der Waals surface area (Å²) in [5.74, 6) is 1.58. The molecule has 0 atom stereocenters. The van der Waals surface area contributed by atoms with Crippen LogP contribution in [0.25, 0.3) is 10.8 Å². The van der Waals surface area contributed by atoms with Crippen molar-refractivity contribution in [1.29, 1.82) is 0 Å². The summed E-state index contributed by atoms with van der Waals surface area (Å²) in [5, 5.41) is 6.31. The Bertz CT molecular complexity index is 1010. The first kappa shape index (κ1) is 19.2. The number of hydrazone groups is 1. The summed E-state index contributed by atoms with van der Waals surface area (Å²) >= 11 is 0. The van der Waals surface area contributed by atoms with Crippen molar-refractivity contribution in [3.05, 3.63) is 66.2 Å². The van der Waals surface area contributed by atoms with Crippen LogP contribution in [0.5, 0.6) is 17.2 Å². The molecule has 0 spiro atoms. The van der Waals surface area contributed by atoms with Gasteiger partial charge in [0.2, 0.25) is 0 Å². The molecule has 0 fully saturated rings. The number of amides is 1. The van der Waals surface area contributed by atoms with Gasteiger partial charge in [0.15, 0.2) is 6.61 Å². The third kappa shape index (κ3) is 4.59. The van der Waals surface area contributed by atoms with Crippen LogP contribution in [0, 0.1) is 0 Å². The van der Waals surface area contributed by atoms with Gasteiger partial charge in [-0.3, -0.25) is 4.79 Å². The Balaban J connectivity index is 1.61. The Kier molecular flexibility index (Phi) is 6.11. The van der Waals surface area contributed by atoms with E-state index in [2.05, 4.69) is 10.5 Å². The lowest BCUT2D eigenvalue weighted by Gasteiger charge is -2.10. The molecule has 0 bridgehead atoms. The van der Waals surface area contributed by atoms with Crippen molar-refractivity contribution in [2.45, 2.75) is 6.92 Å². The quantitative estimate of drug-likeness (QED) is 0.502. The Morgan fingerprint density at radius 3 is 2.43 bits per heavy atom. The highest BCUT2D eigenvalue weighted by molar-refractivity contribution is 6.01. The molecule has 6 nitrogen and oxygen atoms in total. The van der Waals surface area contributed by atoms with Crippen LogP contribution in [0.3, 0.4) is 0 Å². The number of benzene rings is 3. The summed E-state index contributed by atoms with van der Waals surface area (Å²) in [6.45, 7) is 1.66. The molecule has 0 heterocycles. The highest BCUT2D eigenvalue weighted by Gasteiger charge is 2.09. The molecule has 3 rings (SSSR count). The molecule has 28 heavy (non-hydrogen) atoms. The Labute approximate surface area is 163 Å². The van der Waals surface area contributed by atoms with Gasteiger partial charge >= 0.3 is 0 Å². The van der Waals surface area contributed by atoms with E-state index >= 15 is 0 Å². The minimum Gasteiger partial charge on any atom is -0.497 e. The predicted octanol–water partition coefficient (Wildman–Crippen LogP) is 3.78. The zero-order valence-corrected chi connectivity index (χ0v) is 16.1. The summed E-state index contributed by atoms with van der Waals surface area (Å²) in [6, 6.07) is 19.1. The molecule has 1 amide bonds. The van der Waals surface area contributed by atoms with Crippen molar-refractivity contribution in [2.24, 2.45) is 5.10 Å². The van der Waals surface area contributed by atoms with E-state index in [-0.39, 0.29) is 12.5 Å². The van der Waals surface area contributed by atoms with Gasteiger partial charge in [-0.1, -0.05) is 30.3 Å². The Hall–Kier alpha value is -3.54. The molecule has 3 aromatic carbocycles. The van der Waals surface area contributed by atoms with Gasteiger partial charge in [0, 0.05) is 11.6 Å². The smallest absolute Gasteiger partial charge is 0.277 e. The van der Waals surface area contributed by atoms with Crippen LogP contribution in [0.4, 0.5) is 0 Å². The van der Waals surface area contributed by atoms with Crippen molar-refractivity contribution >= 4 is 22.4 Å². The van der Waals surface area contributed by atoms with Gasteiger partial charge in [0.1, 0.15) is 17.2 Å². The van der Waals surface area contributed by atoms with E-state index < -0.39 is 0 Å². The van der Waals surface area contributed by atoms with Crippen LogP contribution in [0.1, 0.15) is 12.5 Å². The number of hydrogen-bond donors (Lipinski definition) is 1. The van der Waals surface area contributed by atoms with E-state index in [1.54, 1.807) is 27.2 Å². The number of methoxy groups -OCH3 is 2. The fourth-order valence-electron chi connectivity index (χ4n) is 2.74. The third-order valence-corrected chi connectivity index (χ3v) is 4.24. The second kappa shape index (κ2) is 8.90. The summed E-state index contributed by atoms with van der Waals surface area (Å²) in [7, 11) is 3.16. The number of rotatable bonds is 7. The molecule has 0 unspecified atom stereocenters. The maximum absolute atomic E-state index is 12.1. The summed E-state index contributed by atoms with van der Waals surface area (Å²) in [6.07, 6.45) is 0. The molecule has 1 N–H and O–H groups in total. The van der Waals surface area contributed by atoms with Crippen LogP contribution in [0.2, 0.25) is 0 Å². The molecule has 0 aromatic heterocycles. The van der Waals surface area contributed by atoms with E-state index in [1.165, 1.54) is 0 Å². The second-order valence-electron chi connectivity index (χ2n) is 6.10. The zero-order chi connectivity index (χ0) is 19.9. The van der Waals surface area contributed by atoms with Crippen LogP contribution in [0.15, 0.2) is 65.8 Å². The molecule has 0 saturated carbocycles. The number of nitrogens with zero attached hydrogens (tertiary/aromatic N) is 1. The Morgan fingerprint density at radius 1 is 0.929 bits per heavy atom. The zero-order valence-electron chi connectivity index (χ0n) is 16.1. The number of ether oxygens (including phenoxy) is 3. The van der Waals surface area contributed by atoms with Crippen LogP contribution < -0.4 is 19.6 Å². The van der Waals surface area contributed by atoms with E-state index in [0.29, 0.717) is 23.0 Å². The van der Waals surface area contributed by atoms with Crippen LogP contribution in [-0.4, -0.2) is 32.4 Å². The normalized spacial score (nSPS) is 11.2. The minimum absolute atomic E-state index is 0.130. The minimum atomic E-state index is -0.347. The lowest BCUT2D eigenvalue weighted by Crippen LogP contribution is -2.25. The highest BCUT2D eigenvalue weighted by atomic mass is 16.5. The maximum Gasteiger partial charge on any atom is 0.277 e. The van der Waals surface area contributed by atoms with Gasteiger partial charge in [-0.2, -0.15) is 5.10 Å². The topological polar surface area (TPSA) is 69.2 Å². The molecular formula is C22H22N2O4. The van der Waals surface area contributed by atoms with Gasteiger partial charge in [-0.25, -0.2) is 5.43 Å². The molecule has 0 aliphatic carbocycles. The van der Waals surface area contributed by atoms with Crippen LogP contribution >= 0.6 is 0 Å². The van der Waals surface area contributed by atoms with Gasteiger partial charge in [-0.05, 0) is 42.0 Å². The van der Waals surface area contributed by atoms with E-state index in [9.17, 15) is 4.79 Å². The third-order valence-electron chi connectivity index (χ3n) is 4.24. The first-order valence-corrected chi connectivity index (χ1v) is 8.78. The molecule has 0 saturated heterocycles. The molecule has 144 valence electrons. The number of carbonyl (C=O) groups excluding carboxylic acids is 1. The molecule has 0 aliphatic heterocycles. The van der Waals surface area contributed by atoms with Gasteiger partial charge in [0.05, 0.1) is 19.9 Å². The molecule has 6 heteroatoms. The van der Waals surface area contributed by atoms with Gasteiger partial charge in [0.25, 0.3) is 5.91 Å². The van der Waals surface area contributed by atoms with Crippen molar-refractivity contribution in [2.75, 3.05) is 20.8 Å². The number of carbonyl (C=O) groups is 1. The SMILES string of the molecule is COc1ccc(/C(C)=N\NC(=O)COc2ccc3ccccc3c2)c(OC)c1. The average Bonchev–Trinajstić information content (AvgIpc) is 2.75. The number of hydrogen-bond acceptors (Lipinski definition) is 5. The second-order valence-corrected chi connectivity index (χ2v) is 6.10. The summed E-state index contributed by atoms with van der Waals surface area (Å²) in [5.41, 5.74) is 3.88. The fraction of sp³-hybridized carbons (Fsp3) is 0.182. The number of fused-ring (bicyclic) bond motifs is 1. The first-order valence-electron chi connectivity index (χ1n) is 8.78. The summed E-state index contributed by atoms with van der Waals surface area (Å²) < 4.78 is 16.1. The van der Waals surface area contributed by atoms with E-state index in [4.69, 9.17) is 14.2 Å². The monoisotopic (exact) mass is 378 g/mol. The lowest BCUT2D eigenvalue weighted by atomic mass is 10.1. The molecule has 0 radical (unpaired) electrons. The molecule has 0 aliphatic rings. The van der Waals surface area contributed by atoms with E-state index in [1.807, 2.05) is 54.6 Å². The fourth-order valence-corrected chi connectivity index (χ4v) is 2.74. The largest absolute Gasteiger partial charge is 0.497 e. The van der Waals surface area contributed by atoms with Crippen molar-refractivity contribution < 1.29 is 19.0 Å². The lowest BCUT2D eigenvalue weighted by molar-refractivity contribution is -0.123. The average molecular weight is 378 g/mol. The predicted molar refractivity (Wildman–Crippen MR) is 109 cm³/mol. The molecule has 3 aromatic rings. The van der Waals surface area contributed by atoms with Crippen molar-refractivity contribution in [3.8, 4) is 17.2 Å².